The second kappa shape index (κ2) is 15.3. The summed E-state index contributed by atoms with van der Waals surface area (Å²) in [6.07, 6.45) is 10.8. The van der Waals surface area contributed by atoms with Crippen LogP contribution in [0.4, 0.5) is 4.39 Å². The van der Waals surface area contributed by atoms with Crippen LogP contribution in [0.3, 0.4) is 0 Å². The van der Waals surface area contributed by atoms with Crippen molar-refractivity contribution in [2.24, 2.45) is 5.92 Å². The van der Waals surface area contributed by atoms with E-state index in [0.717, 1.165) is 54.1 Å². The smallest absolute Gasteiger partial charge is 0.131 e. The fourth-order valence-corrected chi connectivity index (χ4v) is 4.36. The first-order valence-electron chi connectivity index (χ1n) is 13.9. The van der Waals surface area contributed by atoms with Crippen molar-refractivity contribution in [3.05, 3.63) is 72.5 Å². The molecule has 0 heterocycles. The predicted molar refractivity (Wildman–Crippen MR) is 150 cm³/mol. The minimum absolute atomic E-state index is 0.244. The number of para-hydroxylation sites is 1. The molecule has 0 aromatic heterocycles. The third kappa shape index (κ3) is 8.69. The summed E-state index contributed by atoms with van der Waals surface area (Å²) in [6, 6.07) is 21.1. The Labute approximate surface area is 217 Å². The number of benzene rings is 3. The van der Waals surface area contributed by atoms with E-state index in [1.54, 1.807) is 6.07 Å². The Balaban J connectivity index is 1.58. The van der Waals surface area contributed by atoms with Crippen molar-refractivity contribution in [1.82, 2.24) is 0 Å². The second-order valence-corrected chi connectivity index (χ2v) is 9.84. The maximum Gasteiger partial charge on any atom is 0.131 e. The van der Waals surface area contributed by atoms with Crippen molar-refractivity contribution >= 4 is 0 Å². The molecule has 0 aliphatic heterocycles. The van der Waals surface area contributed by atoms with E-state index in [4.69, 9.17) is 9.47 Å². The van der Waals surface area contributed by atoms with Crippen molar-refractivity contribution in [2.45, 2.75) is 78.6 Å². The molecule has 3 aromatic rings. The van der Waals surface area contributed by atoms with Gasteiger partial charge in [0.15, 0.2) is 0 Å². The van der Waals surface area contributed by atoms with Gasteiger partial charge in [-0.25, -0.2) is 4.39 Å². The topological polar surface area (TPSA) is 18.5 Å². The van der Waals surface area contributed by atoms with Crippen LogP contribution in [0.1, 0.15) is 78.6 Å². The Hall–Kier alpha value is -2.81. The molecule has 0 aliphatic rings. The van der Waals surface area contributed by atoms with Crippen molar-refractivity contribution in [3.8, 4) is 33.8 Å². The normalized spacial score (nSPS) is 11.9. The predicted octanol–water partition coefficient (Wildman–Crippen LogP) is 10.1. The summed E-state index contributed by atoms with van der Waals surface area (Å²) in [4.78, 5) is 0. The van der Waals surface area contributed by atoms with Crippen molar-refractivity contribution < 1.29 is 13.9 Å². The molecule has 1 unspecified atom stereocenters. The lowest BCUT2D eigenvalue weighted by Gasteiger charge is -2.14. The number of halogens is 1. The molecular weight excluding hydrogens is 447 g/mol. The Bertz CT molecular complexity index is 1030. The zero-order valence-corrected chi connectivity index (χ0v) is 22.4. The highest BCUT2D eigenvalue weighted by Crippen LogP contribution is 2.34. The molecule has 0 N–H and O–H groups in total. The van der Waals surface area contributed by atoms with Crippen LogP contribution in [0.5, 0.6) is 11.5 Å². The zero-order valence-electron chi connectivity index (χ0n) is 22.4. The molecule has 3 aromatic carbocycles. The molecule has 1 atom stereocenters. The quantitative estimate of drug-likeness (QED) is 0.186. The monoisotopic (exact) mass is 490 g/mol. The molecule has 36 heavy (non-hydrogen) atoms. The van der Waals surface area contributed by atoms with Gasteiger partial charge in [0, 0.05) is 11.1 Å². The van der Waals surface area contributed by atoms with Gasteiger partial charge in [-0.15, -0.1) is 0 Å². The number of hydrogen-bond donors (Lipinski definition) is 0. The molecule has 194 valence electrons. The van der Waals surface area contributed by atoms with E-state index in [1.807, 2.05) is 60.7 Å². The minimum Gasteiger partial charge on any atom is -0.494 e. The van der Waals surface area contributed by atoms with E-state index in [2.05, 4.69) is 20.8 Å². The maximum absolute atomic E-state index is 15.3. The number of hydrogen-bond acceptors (Lipinski definition) is 2. The van der Waals surface area contributed by atoms with Crippen LogP contribution in [0.15, 0.2) is 66.7 Å². The number of rotatable bonds is 16. The SMILES string of the molecule is CCCCCCCCOc1ccc(-c2ccc(-c3ccccc3OCCCC(C)CC)c(F)c2)cc1. The fraction of sp³-hybridized carbons (Fsp3) is 0.455. The molecule has 0 amide bonds. The first-order chi connectivity index (χ1) is 17.6. The van der Waals surface area contributed by atoms with E-state index < -0.39 is 0 Å². The fourth-order valence-electron chi connectivity index (χ4n) is 4.36. The van der Waals surface area contributed by atoms with E-state index in [-0.39, 0.29) is 5.82 Å². The van der Waals surface area contributed by atoms with Crippen molar-refractivity contribution in [1.29, 1.82) is 0 Å². The highest BCUT2D eigenvalue weighted by Gasteiger charge is 2.12. The number of unbranched alkanes of at least 4 members (excludes halogenated alkanes) is 5. The third-order valence-electron chi connectivity index (χ3n) is 6.90. The van der Waals surface area contributed by atoms with E-state index in [9.17, 15) is 0 Å². The highest BCUT2D eigenvalue weighted by atomic mass is 19.1. The summed E-state index contributed by atoms with van der Waals surface area (Å²) in [5.74, 6) is 2.06. The number of ether oxygens (including phenoxy) is 2. The molecule has 3 heteroatoms. The molecule has 0 bridgehead atoms. The van der Waals surface area contributed by atoms with E-state index in [1.165, 1.54) is 38.5 Å². The Kier molecular flexibility index (Phi) is 11.8. The lowest BCUT2D eigenvalue weighted by atomic mass is 9.99. The van der Waals surface area contributed by atoms with Crippen LogP contribution in [-0.2, 0) is 0 Å². The summed E-state index contributed by atoms with van der Waals surface area (Å²) >= 11 is 0. The van der Waals surface area contributed by atoms with Crippen molar-refractivity contribution in [2.75, 3.05) is 13.2 Å². The Morgan fingerprint density at radius 1 is 0.694 bits per heavy atom. The van der Waals surface area contributed by atoms with Gasteiger partial charge in [-0.05, 0) is 60.6 Å². The molecule has 0 radical (unpaired) electrons. The third-order valence-corrected chi connectivity index (χ3v) is 6.90. The van der Waals surface area contributed by atoms with E-state index >= 15 is 4.39 Å². The summed E-state index contributed by atoms with van der Waals surface area (Å²) < 4.78 is 27.2. The maximum atomic E-state index is 15.3. The van der Waals surface area contributed by atoms with Gasteiger partial charge in [-0.1, -0.05) is 102 Å². The lowest BCUT2D eigenvalue weighted by molar-refractivity contribution is 0.295. The van der Waals surface area contributed by atoms with Crippen LogP contribution >= 0.6 is 0 Å². The first-order valence-corrected chi connectivity index (χ1v) is 13.9. The summed E-state index contributed by atoms with van der Waals surface area (Å²) in [6.45, 7) is 8.11. The van der Waals surface area contributed by atoms with Crippen LogP contribution in [0.2, 0.25) is 0 Å². The molecule has 0 saturated carbocycles. The minimum atomic E-state index is -0.244. The molecule has 2 nitrogen and oxygen atoms in total. The molecule has 0 aliphatic carbocycles. The standard InChI is InChI=1S/C33H43FO2/c1-4-6-7-8-9-12-23-35-29-20-17-27(18-21-29)28-19-22-30(32(34)25-28)31-15-10-11-16-33(31)36-24-13-14-26(3)5-2/h10-11,15-22,25-26H,4-9,12-14,23-24H2,1-3H3. The molecule has 0 saturated heterocycles. The summed E-state index contributed by atoms with van der Waals surface area (Å²) in [7, 11) is 0. The Morgan fingerprint density at radius 3 is 2.14 bits per heavy atom. The van der Waals surface area contributed by atoms with Gasteiger partial charge < -0.3 is 9.47 Å². The van der Waals surface area contributed by atoms with Gasteiger partial charge in [0.25, 0.3) is 0 Å². The summed E-state index contributed by atoms with van der Waals surface area (Å²) in [5.41, 5.74) is 3.19. The average molecular weight is 491 g/mol. The van der Waals surface area contributed by atoms with Crippen LogP contribution in [0, 0.1) is 11.7 Å². The molecule has 0 spiro atoms. The van der Waals surface area contributed by atoms with Crippen molar-refractivity contribution in [3.63, 3.8) is 0 Å². The summed E-state index contributed by atoms with van der Waals surface area (Å²) in [5, 5.41) is 0. The van der Waals surface area contributed by atoms with Gasteiger partial charge >= 0.3 is 0 Å². The first kappa shape index (κ1) is 27.8. The van der Waals surface area contributed by atoms with Gasteiger partial charge in [-0.3, -0.25) is 0 Å². The van der Waals surface area contributed by atoms with Gasteiger partial charge in [-0.2, -0.15) is 0 Å². The van der Waals surface area contributed by atoms with Gasteiger partial charge in [0.05, 0.1) is 13.2 Å². The lowest BCUT2D eigenvalue weighted by Crippen LogP contribution is -2.02. The van der Waals surface area contributed by atoms with Crippen LogP contribution in [0.25, 0.3) is 22.3 Å². The van der Waals surface area contributed by atoms with Crippen LogP contribution < -0.4 is 9.47 Å². The van der Waals surface area contributed by atoms with Gasteiger partial charge in [0.2, 0.25) is 0 Å². The highest BCUT2D eigenvalue weighted by molar-refractivity contribution is 5.74. The Morgan fingerprint density at radius 2 is 1.39 bits per heavy atom. The largest absolute Gasteiger partial charge is 0.494 e. The van der Waals surface area contributed by atoms with Gasteiger partial charge in [0.1, 0.15) is 17.3 Å². The van der Waals surface area contributed by atoms with Crippen LogP contribution in [-0.4, -0.2) is 13.2 Å². The molecular formula is C33H43FO2. The zero-order chi connectivity index (χ0) is 25.6. The van der Waals surface area contributed by atoms with E-state index in [0.29, 0.717) is 18.1 Å². The molecule has 3 rings (SSSR count). The average Bonchev–Trinajstić information content (AvgIpc) is 2.91. The molecule has 0 fully saturated rings. The second-order valence-electron chi connectivity index (χ2n) is 9.84.